The second-order valence-electron chi connectivity index (χ2n) is 4.24. The minimum Gasteiger partial charge on any atom is -0.479 e. The molecule has 104 valence electrons. The van der Waals surface area contributed by atoms with Gasteiger partial charge in [-0.2, -0.15) is 18.4 Å². The summed E-state index contributed by atoms with van der Waals surface area (Å²) in [6.45, 7) is 3.17. The van der Waals surface area contributed by atoms with Crippen LogP contribution in [0, 0.1) is 18.3 Å². The van der Waals surface area contributed by atoms with Crippen LogP contribution in [-0.2, 0) is 0 Å². The second-order valence-corrected chi connectivity index (χ2v) is 4.24. The van der Waals surface area contributed by atoms with Crippen LogP contribution < -0.4 is 10.5 Å². The largest absolute Gasteiger partial charge is 0.479 e. The molecule has 1 aromatic rings. The number of halogens is 3. The highest BCUT2D eigenvalue weighted by atomic mass is 19.4. The van der Waals surface area contributed by atoms with E-state index in [-0.39, 0.29) is 17.7 Å². The van der Waals surface area contributed by atoms with Crippen LogP contribution >= 0.6 is 0 Å². The fraction of sp³-hybridized carbons (Fsp3) is 0.462. The SMILES string of the molecule is CCC(N)C(Oc1cc(C#N)ccc1C)C(F)(F)F. The molecule has 0 saturated heterocycles. The average Bonchev–Trinajstić information content (AvgIpc) is 2.35. The summed E-state index contributed by atoms with van der Waals surface area (Å²) in [6, 6.07) is 5.06. The number of hydrogen-bond acceptors (Lipinski definition) is 3. The maximum atomic E-state index is 12.9. The average molecular weight is 272 g/mol. The minimum absolute atomic E-state index is 0.0327. The number of nitrogens with two attached hydrogens (primary N) is 1. The number of alkyl halides is 3. The van der Waals surface area contributed by atoms with Gasteiger partial charge in [-0.25, -0.2) is 0 Å². The van der Waals surface area contributed by atoms with Crippen molar-refractivity contribution in [3.05, 3.63) is 29.3 Å². The zero-order valence-electron chi connectivity index (χ0n) is 10.7. The molecule has 0 heterocycles. The van der Waals surface area contributed by atoms with E-state index in [1.54, 1.807) is 19.9 Å². The first-order valence-electron chi connectivity index (χ1n) is 5.79. The van der Waals surface area contributed by atoms with Crippen molar-refractivity contribution in [3.63, 3.8) is 0 Å². The molecule has 0 spiro atoms. The fourth-order valence-electron chi connectivity index (χ4n) is 1.54. The summed E-state index contributed by atoms with van der Waals surface area (Å²) in [5.74, 6) is 0.0327. The lowest BCUT2D eigenvalue weighted by Crippen LogP contribution is -2.48. The Labute approximate surface area is 109 Å². The summed E-state index contributed by atoms with van der Waals surface area (Å²) in [7, 11) is 0. The molecule has 0 fully saturated rings. The Balaban J connectivity index is 3.07. The molecule has 0 bridgehead atoms. The van der Waals surface area contributed by atoms with Crippen molar-refractivity contribution >= 4 is 0 Å². The van der Waals surface area contributed by atoms with Gasteiger partial charge in [-0.1, -0.05) is 13.0 Å². The molecule has 0 aromatic heterocycles. The molecule has 0 aliphatic carbocycles. The number of nitrogens with zero attached hydrogens (tertiary/aromatic N) is 1. The first-order valence-corrected chi connectivity index (χ1v) is 5.79. The van der Waals surface area contributed by atoms with Gasteiger partial charge in [0, 0.05) is 0 Å². The molecule has 3 nitrogen and oxygen atoms in total. The van der Waals surface area contributed by atoms with Gasteiger partial charge in [0.15, 0.2) is 0 Å². The highest BCUT2D eigenvalue weighted by Gasteiger charge is 2.45. The summed E-state index contributed by atoms with van der Waals surface area (Å²) < 4.78 is 43.7. The van der Waals surface area contributed by atoms with Crippen LogP contribution in [0.2, 0.25) is 0 Å². The predicted octanol–water partition coefficient (Wildman–Crippen LogP) is 2.91. The molecule has 0 amide bonds. The Morgan fingerprint density at radius 3 is 2.53 bits per heavy atom. The molecular weight excluding hydrogens is 257 g/mol. The van der Waals surface area contributed by atoms with Crippen LogP contribution in [0.4, 0.5) is 13.2 Å². The van der Waals surface area contributed by atoms with Crippen molar-refractivity contribution < 1.29 is 17.9 Å². The lowest BCUT2D eigenvalue weighted by molar-refractivity contribution is -0.200. The topological polar surface area (TPSA) is 59.0 Å². The van der Waals surface area contributed by atoms with Crippen LogP contribution in [0.1, 0.15) is 24.5 Å². The van der Waals surface area contributed by atoms with Gasteiger partial charge in [-0.3, -0.25) is 0 Å². The molecule has 19 heavy (non-hydrogen) atoms. The third-order valence-electron chi connectivity index (χ3n) is 2.75. The summed E-state index contributed by atoms with van der Waals surface area (Å²) in [5.41, 5.74) is 6.23. The molecule has 6 heteroatoms. The number of ether oxygens (including phenoxy) is 1. The fourth-order valence-corrected chi connectivity index (χ4v) is 1.54. The van der Waals surface area contributed by atoms with Crippen LogP contribution in [0.5, 0.6) is 5.75 Å². The summed E-state index contributed by atoms with van der Waals surface area (Å²) in [4.78, 5) is 0. The monoisotopic (exact) mass is 272 g/mol. The molecule has 2 N–H and O–H groups in total. The van der Waals surface area contributed by atoms with E-state index in [0.29, 0.717) is 5.56 Å². The van der Waals surface area contributed by atoms with E-state index in [1.165, 1.54) is 12.1 Å². The van der Waals surface area contributed by atoms with E-state index >= 15 is 0 Å². The summed E-state index contributed by atoms with van der Waals surface area (Å²) in [5, 5.41) is 8.75. The third-order valence-corrected chi connectivity index (χ3v) is 2.75. The molecule has 0 radical (unpaired) electrons. The van der Waals surface area contributed by atoms with Gasteiger partial charge in [0.2, 0.25) is 6.10 Å². The first kappa shape index (κ1) is 15.3. The molecule has 0 saturated carbocycles. The Morgan fingerprint density at radius 1 is 1.42 bits per heavy atom. The molecule has 2 unspecified atom stereocenters. The Hall–Kier alpha value is -1.74. The van der Waals surface area contributed by atoms with E-state index in [4.69, 9.17) is 15.7 Å². The maximum Gasteiger partial charge on any atom is 0.426 e. The van der Waals surface area contributed by atoms with Crippen molar-refractivity contribution in [2.75, 3.05) is 0 Å². The lowest BCUT2D eigenvalue weighted by Gasteiger charge is -2.27. The van der Waals surface area contributed by atoms with Gasteiger partial charge in [0.1, 0.15) is 5.75 Å². The lowest BCUT2D eigenvalue weighted by atomic mass is 10.1. The number of aryl methyl sites for hydroxylation is 1. The predicted molar refractivity (Wildman–Crippen MR) is 64.6 cm³/mol. The highest BCUT2D eigenvalue weighted by Crippen LogP contribution is 2.29. The van der Waals surface area contributed by atoms with E-state index in [2.05, 4.69) is 0 Å². The Kier molecular flexibility index (Phi) is 4.78. The third kappa shape index (κ3) is 3.86. The zero-order valence-corrected chi connectivity index (χ0v) is 10.7. The quantitative estimate of drug-likeness (QED) is 0.916. The molecule has 2 atom stereocenters. The number of hydrogen-bond donors (Lipinski definition) is 1. The molecule has 1 rings (SSSR count). The number of benzene rings is 1. The van der Waals surface area contributed by atoms with Crippen molar-refractivity contribution in [1.82, 2.24) is 0 Å². The van der Waals surface area contributed by atoms with E-state index < -0.39 is 18.3 Å². The minimum atomic E-state index is -4.55. The van der Waals surface area contributed by atoms with Crippen molar-refractivity contribution in [2.45, 2.75) is 38.6 Å². The van der Waals surface area contributed by atoms with Crippen LogP contribution in [-0.4, -0.2) is 18.3 Å². The zero-order chi connectivity index (χ0) is 14.6. The van der Waals surface area contributed by atoms with E-state index in [1.807, 2.05) is 6.07 Å². The standard InChI is InChI=1S/C13H15F3N2O/c1-3-10(18)12(13(14,15)16)19-11-6-9(7-17)5-4-8(11)2/h4-6,10,12H,3,18H2,1-2H3. The number of nitriles is 1. The maximum absolute atomic E-state index is 12.9. The van der Waals surface area contributed by atoms with Gasteiger partial charge >= 0.3 is 6.18 Å². The van der Waals surface area contributed by atoms with Crippen molar-refractivity contribution in [2.24, 2.45) is 5.73 Å². The summed E-state index contributed by atoms with van der Waals surface area (Å²) >= 11 is 0. The van der Waals surface area contributed by atoms with E-state index in [0.717, 1.165) is 0 Å². The highest BCUT2D eigenvalue weighted by molar-refractivity contribution is 5.42. The van der Waals surface area contributed by atoms with Gasteiger partial charge in [-0.15, -0.1) is 0 Å². The van der Waals surface area contributed by atoms with Crippen LogP contribution in [0.3, 0.4) is 0 Å². The van der Waals surface area contributed by atoms with Gasteiger partial charge in [-0.05, 0) is 31.0 Å². The Bertz CT molecular complexity index is 480. The summed E-state index contributed by atoms with van der Waals surface area (Å²) in [6.07, 6.45) is -6.49. The Morgan fingerprint density at radius 2 is 2.05 bits per heavy atom. The van der Waals surface area contributed by atoms with Gasteiger partial charge < -0.3 is 10.5 Å². The second kappa shape index (κ2) is 5.93. The van der Waals surface area contributed by atoms with Gasteiger partial charge in [0.25, 0.3) is 0 Å². The number of rotatable bonds is 4. The molecule has 1 aromatic carbocycles. The molecule has 0 aliphatic rings. The molecular formula is C13H15F3N2O. The van der Waals surface area contributed by atoms with Crippen LogP contribution in [0.25, 0.3) is 0 Å². The van der Waals surface area contributed by atoms with Crippen molar-refractivity contribution in [3.8, 4) is 11.8 Å². The molecule has 0 aliphatic heterocycles. The first-order chi connectivity index (χ1) is 8.79. The van der Waals surface area contributed by atoms with Crippen molar-refractivity contribution in [1.29, 1.82) is 5.26 Å². The smallest absolute Gasteiger partial charge is 0.426 e. The van der Waals surface area contributed by atoms with Crippen LogP contribution in [0.15, 0.2) is 18.2 Å². The van der Waals surface area contributed by atoms with E-state index in [9.17, 15) is 13.2 Å². The van der Waals surface area contributed by atoms with Gasteiger partial charge in [0.05, 0.1) is 17.7 Å². The normalized spacial score (nSPS) is 14.6.